The largest absolute Gasteiger partial charge is 0.389 e. The van der Waals surface area contributed by atoms with Crippen LogP contribution in [-0.2, 0) is 4.79 Å². The Bertz CT molecular complexity index is 216. The molecule has 1 fully saturated rings. The summed E-state index contributed by atoms with van der Waals surface area (Å²) >= 11 is 0. The van der Waals surface area contributed by atoms with Crippen LogP contribution in [0.25, 0.3) is 0 Å². The van der Waals surface area contributed by atoms with Crippen LogP contribution in [0.3, 0.4) is 0 Å². The summed E-state index contributed by atoms with van der Waals surface area (Å²) in [4.78, 5) is 13.2. The van der Waals surface area contributed by atoms with Gasteiger partial charge in [-0.15, -0.1) is 0 Å². The number of carbonyl (C=O) groups excluding carboxylic acids is 1. The van der Waals surface area contributed by atoms with Gasteiger partial charge in [0.25, 0.3) is 0 Å². The molecule has 1 aliphatic heterocycles. The van der Waals surface area contributed by atoms with Gasteiger partial charge in [0.05, 0.1) is 11.6 Å². The third-order valence-corrected chi connectivity index (χ3v) is 2.92. The molecule has 1 heterocycles. The van der Waals surface area contributed by atoms with Crippen LogP contribution in [0.15, 0.2) is 0 Å². The van der Waals surface area contributed by atoms with Crippen LogP contribution in [-0.4, -0.2) is 47.7 Å². The van der Waals surface area contributed by atoms with Gasteiger partial charge in [-0.05, 0) is 19.8 Å². The number of nitrogens with one attached hydrogen (secondary N) is 1. The predicted octanol–water partition coefficient (Wildman–Crippen LogP) is -0.0323. The molecular formula is C10H20N2O2. The average Bonchev–Trinajstić information content (AvgIpc) is 2.45. The molecule has 4 heteroatoms. The Kier molecular flexibility index (Phi) is 3.50. The first-order valence-corrected chi connectivity index (χ1v) is 5.17. The molecule has 2 N–H and O–H groups in total. The maximum Gasteiger partial charge on any atom is 0.239 e. The lowest BCUT2D eigenvalue weighted by atomic mass is 10.0. The van der Waals surface area contributed by atoms with E-state index >= 15 is 0 Å². The van der Waals surface area contributed by atoms with Crippen molar-refractivity contribution in [1.82, 2.24) is 10.2 Å². The third-order valence-electron chi connectivity index (χ3n) is 2.92. The first kappa shape index (κ1) is 11.5. The molecule has 2 unspecified atom stereocenters. The van der Waals surface area contributed by atoms with E-state index in [0.29, 0.717) is 13.0 Å². The lowest BCUT2D eigenvalue weighted by molar-refractivity contribution is -0.128. The Labute approximate surface area is 85.3 Å². The van der Waals surface area contributed by atoms with Crippen molar-refractivity contribution >= 4 is 5.91 Å². The summed E-state index contributed by atoms with van der Waals surface area (Å²) in [5.74, 6) is 0.136. The molecule has 4 nitrogen and oxygen atoms in total. The lowest BCUT2D eigenvalue weighted by Crippen LogP contribution is -2.45. The summed E-state index contributed by atoms with van der Waals surface area (Å²) in [5.41, 5.74) is -0.707. The van der Waals surface area contributed by atoms with Gasteiger partial charge in [-0.3, -0.25) is 4.79 Å². The molecule has 1 aliphatic rings. The quantitative estimate of drug-likeness (QED) is 0.670. The number of amides is 1. The zero-order valence-electron chi connectivity index (χ0n) is 9.21. The molecule has 0 aromatic rings. The van der Waals surface area contributed by atoms with Gasteiger partial charge in [-0.1, -0.05) is 6.92 Å². The van der Waals surface area contributed by atoms with Gasteiger partial charge in [0.1, 0.15) is 0 Å². The molecule has 82 valence electrons. The van der Waals surface area contributed by atoms with Gasteiger partial charge in [-0.2, -0.15) is 0 Å². The van der Waals surface area contributed by atoms with Crippen LogP contribution < -0.4 is 5.32 Å². The summed E-state index contributed by atoms with van der Waals surface area (Å²) in [6.07, 6.45) is 1.53. The van der Waals surface area contributed by atoms with Gasteiger partial charge >= 0.3 is 0 Å². The van der Waals surface area contributed by atoms with Crippen molar-refractivity contribution in [2.75, 3.05) is 20.1 Å². The van der Waals surface area contributed by atoms with E-state index in [1.54, 1.807) is 11.8 Å². The molecule has 0 bridgehead atoms. The predicted molar refractivity (Wildman–Crippen MR) is 55.0 cm³/mol. The van der Waals surface area contributed by atoms with Gasteiger partial charge < -0.3 is 15.3 Å². The van der Waals surface area contributed by atoms with E-state index in [4.69, 9.17) is 0 Å². The molecule has 0 saturated carbocycles. The van der Waals surface area contributed by atoms with Gasteiger partial charge in [0.2, 0.25) is 5.91 Å². The first-order chi connectivity index (χ1) is 6.46. The second kappa shape index (κ2) is 4.28. The molecule has 0 radical (unpaired) electrons. The SMILES string of the molecule is CCC(C)(O)CNC1CCN(C)C1=O. The van der Waals surface area contributed by atoms with Crippen molar-refractivity contribution in [3.8, 4) is 0 Å². The summed E-state index contributed by atoms with van der Waals surface area (Å²) in [5, 5.41) is 12.9. The van der Waals surface area contributed by atoms with Crippen LogP contribution in [0.4, 0.5) is 0 Å². The fraction of sp³-hybridized carbons (Fsp3) is 0.900. The summed E-state index contributed by atoms with van der Waals surface area (Å²) in [6.45, 7) is 5.01. The topological polar surface area (TPSA) is 52.6 Å². The molecule has 0 spiro atoms. The fourth-order valence-corrected chi connectivity index (χ4v) is 1.48. The number of carbonyl (C=O) groups is 1. The van der Waals surface area contributed by atoms with Crippen LogP contribution in [0.1, 0.15) is 26.7 Å². The zero-order chi connectivity index (χ0) is 10.8. The highest BCUT2D eigenvalue weighted by atomic mass is 16.3. The Morgan fingerprint density at radius 3 is 2.79 bits per heavy atom. The highest BCUT2D eigenvalue weighted by Gasteiger charge is 2.30. The molecule has 1 rings (SSSR count). The zero-order valence-corrected chi connectivity index (χ0v) is 9.21. The normalized spacial score (nSPS) is 26.7. The van der Waals surface area contributed by atoms with E-state index in [9.17, 15) is 9.90 Å². The van der Waals surface area contributed by atoms with Crippen LogP contribution in [0.2, 0.25) is 0 Å². The molecule has 0 aliphatic carbocycles. The number of hydrogen-bond acceptors (Lipinski definition) is 3. The number of likely N-dealkylation sites (N-methyl/N-ethyl adjacent to an activating group) is 1. The maximum atomic E-state index is 11.5. The van der Waals surface area contributed by atoms with E-state index in [0.717, 1.165) is 13.0 Å². The maximum absolute atomic E-state index is 11.5. The van der Waals surface area contributed by atoms with E-state index in [-0.39, 0.29) is 11.9 Å². The summed E-state index contributed by atoms with van der Waals surface area (Å²) in [7, 11) is 1.81. The number of nitrogens with zero attached hydrogens (tertiary/aromatic N) is 1. The molecule has 1 saturated heterocycles. The van der Waals surface area contributed by atoms with Crippen molar-refractivity contribution in [2.24, 2.45) is 0 Å². The van der Waals surface area contributed by atoms with Crippen LogP contribution in [0, 0.1) is 0 Å². The number of likely N-dealkylation sites (tertiary alicyclic amines) is 1. The average molecular weight is 200 g/mol. The molecule has 1 amide bonds. The Morgan fingerprint density at radius 2 is 2.36 bits per heavy atom. The highest BCUT2D eigenvalue weighted by Crippen LogP contribution is 2.11. The Morgan fingerprint density at radius 1 is 1.71 bits per heavy atom. The Hall–Kier alpha value is -0.610. The summed E-state index contributed by atoms with van der Waals surface area (Å²) in [6, 6.07) is -0.0991. The number of aliphatic hydroxyl groups is 1. The van der Waals surface area contributed by atoms with Gasteiger partial charge in [-0.25, -0.2) is 0 Å². The van der Waals surface area contributed by atoms with Crippen molar-refractivity contribution in [1.29, 1.82) is 0 Å². The second-order valence-corrected chi connectivity index (χ2v) is 4.33. The minimum Gasteiger partial charge on any atom is -0.389 e. The standard InChI is InChI=1S/C10H20N2O2/c1-4-10(2,14)7-11-8-5-6-12(3)9(8)13/h8,11,14H,4-7H2,1-3H3. The monoisotopic (exact) mass is 200 g/mol. The van der Waals surface area contributed by atoms with Gasteiger partial charge in [0, 0.05) is 20.1 Å². The summed E-state index contributed by atoms with van der Waals surface area (Å²) < 4.78 is 0. The minimum atomic E-state index is -0.707. The van der Waals surface area contributed by atoms with E-state index < -0.39 is 5.60 Å². The van der Waals surface area contributed by atoms with E-state index in [1.807, 2.05) is 14.0 Å². The lowest BCUT2D eigenvalue weighted by Gasteiger charge is -2.23. The van der Waals surface area contributed by atoms with Crippen molar-refractivity contribution in [2.45, 2.75) is 38.3 Å². The van der Waals surface area contributed by atoms with Crippen molar-refractivity contribution in [3.63, 3.8) is 0 Å². The minimum absolute atomic E-state index is 0.0991. The van der Waals surface area contributed by atoms with Crippen LogP contribution in [0.5, 0.6) is 0 Å². The molecule has 2 atom stereocenters. The number of hydrogen-bond donors (Lipinski definition) is 2. The van der Waals surface area contributed by atoms with Crippen molar-refractivity contribution in [3.05, 3.63) is 0 Å². The van der Waals surface area contributed by atoms with Crippen molar-refractivity contribution < 1.29 is 9.90 Å². The number of rotatable bonds is 4. The van der Waals surface area contributed by atoms with Crippen LogP contribution >= 0.6 is 0 Å². The highest BCUT2D eigenvalue weighted by molar-refractivity contribution is 5.83. The third kappa shape index (κ3) is 2.69. The molecule has 14 heavy (non-hydrogen) atoms. The smallest absolute Gasteiger partial charge is 0.239 e. The molecular weight excluding hydrogens is 180 g/mol. The molecule has 0 aromatic heterocycles. The Balaban J connectivity index is 2.36. The van der Waals surface area contributed by atoms with E-state index in [2.05, 4.69) is 5.32 Å². The second-order valence-electron chi connectivity index (χ2n) is 4.33. The van der Waals surface area contributed by atoms with Gasteiger partial charge in [0.15, 0.2) is 0 Å². The fourth-order valence-electron chi connectivity index (χ4n) is 1.48. The first-order valence-electron chi connectivity index (χ1n) is 5.17. The molecule has 0 aromatic carbocycles. The van der Waals surface area contributed by atoms with E-state index in [1.165, 1.54) is 0 Å².